The second-order valence-corrected chi connectivity index (χ2v) is 8.13. The first-order chi connectivity index (χ1) is 13.5. The molecule has 0 aliphatic heterocycles. The van der Waals surface area contributed by atoms with Crippen molar-refractivity contribution in [2.75, 3.05) is 13.4 Å². The topological polar surface area (TPSA) is 62.5 Å². The molecule has 0 aliphatic carbocycles. The largest absolute Gasteiger partial charge is 0.612 e. The van der Waals surface area contributed by atoms with Gasteiger partial charge in [-0.1, -0.05) is 11.6 Å². The molecule has 2 aromatic carbocycles. The van der Waals surface area contributed by atoms with Crippen molar-refractivity contribution >= 4 is 28.6 Å². The minimum Gasteiger partial charge on any atom is -0.612 e. The van der Waals surface area contributed by atoms with Gasteiger partial charge in [0.05, 0.1) is 23.5 Å². The Morgan fingerprint density at radius 1 is 1.04 bits per heavy atom. The third-order valence-corrected chi connectivity index (χ3v) is 5.91. The van der Waals surface area contributed by atoms with Crippen LogP contribution in [0.2, 0.25) is 5.02 Å². The lowest BCUT2D eigenvalue weighted by Crippen LogP contribution is -1.99. The summed E-state index contributed by atoms with van der Waals surface area (Å²) in [6.07, 6.45) is 3.57. The highest BCUT2D eigenvalue weighted by atomic mass is 35.5. The van der Waals surface area contributed by atoms with Gasteiger partial charge in [0, 0.05) is 23.0 Å². The van der Waals surface area contributed by atoms with Gasteiger partial charge < -0.3 is 9.29 Å². The van der Waals surface area contributed by atoms with Crippen molar-refractivity contribution in [2.24, 2.45) is 0 Å². The molecule has 2 aromatic heterocycles. The van der Waals surface area contributed by atoms with E-state index in [2.05, 4.69) is 4.98 Å². The monoisotopic (exact) mass is 411 g/mol. The minimum atomic E-state index is -1.15. The fourth-order valence-electron chi connectivity index (χ4n) is 3.13. The zero-order chi connectivity index (χ0) is 19.8. The van der Waals surface area contributed by atoms with Crippen LogP contribution in [0.4, 0.5) is 0 Å². The average Bonchev–Trinajstić information content (AvgIpc) is 3.06. The molecule has 0 N–H and O–H groups in total. The number of methoxy groups -OCH3 is 1. The lowest BCUT2D eigenvalue weighted by molar-refractivity contribution is 0.415. The van der Waals surface area contributed by atoms with Gasteiger partial charge in [-0.2, -0.15) is 0 Å². The normalized spacial score (nSPS) is 12.3. The van der Waals surface area contributed by atoms with Gasteiger partial charge in [-0.3, -0.25) is 4.40 Å². The molecule has 0 saturated heterocycles. The zero-order valence-electron chi connectivity index (χ0n) is 15.6. The molecule has 0 radical (unpaired) electrons. The van der Waals surface area contributed by atoms with E-state index >= 15 is 0 Å². The molecule has 0 amide bonds. The van der Waals surface area contributed by atoms with Crippen molar-refractivity contribution in [3.8, 4) is 28.3 Å². The van der Waals surface area contributed by atoms with Crippen LogP contribution in [0, 0.1) is 6.92 Å². The number of hydrogen-bond donors (Lipinski definition) is 0. The SMILES string of the molecule is COc1ccc(-c2nc3nc(C)ccn3c2-c2ccc([S+](C)[O-])c(Cl)c2)cc1. The number of fused-ring (bicyclic) bond motifs is 1. The molecule has 28 heavy (non-hydrogen) atoms. The van der Waals surface area contributed by atoms with Gasteiger partial charge in [-0.25, -0.2) is 9.97 Å². The van der Waals surface area contributed by atoms with E-state index in [1.807, 2.05) is 60.0 Å². The van der Waals surface area contributed by atoms with Crippen LogP contribution in [-0.2, 0) is 11.2 Å². The molecular formula is C21H18ClN3O2S. The van der Waals surface area contributed by atoms with Crippen LogP contribution in [0.3, 0.4) is 0 Å². The van der Waals surface area contributed by atoms with Crippen LogP contribution < -0.4 is 4.74 Å². The summed E-state index contributed by atoms with van der Waals surface area (Å²) in [6, 6.07) is 15.2. The van der Waals surface area contributed by atoms with E-state index in [9.17, 15) is 4.55 Å². The highest BCUT2D eigenvalue weighted by molar-refractivity contribution is 7.90. The van der Waals surface area contributed by atoms with Crippen molar-refractivity contribution in [3.05, 3.63) is 65.4 Å². The van der Waals surface area contributed by atoms with Gasteiger partial charge in [0.2, 0.25) is 5.78 Å². The Morgan fingerprint density at radius 3 is 2.39 bits per heavy atom. The molecule has 0 aliphatic rings. The quantitative estimate of drug-likeness (QED) is 0.454. The number of ether oxygens (including phenoxy) is 1. The summed E-state index contributed by atoms with van der Waals surface area (Å²) in [5.74, 6) is 1.39. The third-order valence-electron chi connectivity index (χ3n) is 4.51. The molecule has 0 bridgehead atoms. The standard InChI is InChI=1S/C21H18ClN3O2S/c1-13-10-11-25-20(15-6-9-18(28(3)26)17(22)12-15)19(24-21(25)23-13)14-4-7-16(27-2)8-5-14/h4-12H,1-3H3. The number of halogens is 1. The number of hydrogen-bond acceptors (Lipinski definition) is 4. The van der Waals surface area contributed by atoms with Gasteiger partial charge in [-0.05, 0) is 66.6 Å². The van der Waals surface area contributed by atoms with Crippen LogP contribution >= 0.6 is 11.6 Å². The van der Waals surface area contributed by atoms with Gasteiger partial charge in [-0.15, -0.1) is 0 Å². The summed E-state index contributed by atoms with van der Waals surface area (Å²) in [5.41, 5.74) is 4.38. The third kappa shape index (κ3) is 3.35. The summed E-state index contributed by atoms with van der Waals surface area (Å²) in [7, 11) is 1.64. The second kappa shape index (κ2) is 7.47. The smallest absolute Gasteiger partial charge is 0.235 e. The van der Waals surface area contributed by atoms with Crippen LogP contribution in [0.1, 0.15) is 5.69 Å². The van der Waals surface area contributed by atoms with Gasteiger partial charge in [0.25, 0.3) is 0 Å². The van der Waals surface area contributed by atoms with Crippen LogP contribution in [0.25, 0.3) is 28.3 Å². The maximum atomic E-state index is 11.8. The molecule has 0 saturated carbocycles. The number of nitrogens with zero attached hydrogens (tertiary/aromatic N) is 3. The first-order valence-electron chi connectivity index (χ1n) is 8.61. The predicted octanol–water partition coefficient (Wildman–Crippen LogP) is 4.77. The summed E-state index contributed by atoms with van der Waals surface area (Å²) < 4.78 is 19.1. The van der Waals surface area contributed by atoms with E-state index in [0.29, 0.717) is 15.7 Å². The highest BCUT2D eigenvalue weighted by Gasteiger charge is 2.19. The van der Waals surface area contributed by atoms with Gasteiger partial charge in [0.1, 0.15) is 12.0 Å². The average molecular weight is 412 g/mol. The maximum Gasteiger partial charge on any atom is 0.235 e. The molecule has 0 spiro atoms. The van der Waals surface area contributed by atoms with Crippen LogP contribution in [-0.4, -0.2) is 32.3 Å². The molecule has 0 fully saturated rings. The lowest BCUT2D eigenvalue weighted by atomic mass is 10.0. The van der Waals surface area contributed by atoms with Crippen molar-refractivity contribution in [2.45, 2.75) is 11.8 Å². The first kappa shape index (κ1) is 18.8. The summed E-state index contributed by atoms with van der Waals surface area (Å²) in [4.78, 5) is 9.94. The molecule has 7 heteroatoms. The summed E-state index contributed by atoms with van der Waals surface area (Å²) in [5, 5.41) is 0.467. The Hall–Kier alpha value is -2.54. The van der Waals surface area contributed by atoms with Crippen LogP contribution in [0.15, 0.2) is 59.6 Å². The van der Waals surface area contributed by atoms with Gasteiger partial charge >= 0.3 is 0 Å². The molecule has 5 nitrogen and oxygen atoms in total. The lowest BCUT2D eigenvalue weighted by Gasteiger charge is -2.10. The maximum absolute atomic E-state index is 11.8. The predicted molar refractivity (Wildman–Crippen MR) is 112 cm³/mol. The van der Waals surface area contributed by atoms with E-state index < -0.39 is 11.2 Å². The molecule has 142 valence electrons. The molecular weight excluding hydrogens is 394 g/mol. The number of imidazole rings is 1. The molecule has 2 heterocycles. The molecule has 1 unspecified atom stereocenters. The molecule has 4 aromatic rings. The van der Waals surface area contributed by atoms with Gasteiger partial charge in [0.15, 0.2) is 4.90 Å². The Kier molecular flexibility index (Phi) is 5.02. The van der Waals surface area contributed by atoms with Crippen molar-refractivity contribution in [1.82, 2.24) is 14.4 Å². The summed E-state index contributed by atoms with van der Waals surface area (Å²) >= 11 is 5.25. The number of aryl methyl sites for hydroxylation is 1. The number of benzene rings is 2. The van der Waals surface area contributed by atoms with E-state index in [-0.39, 0.29) is 0 Å². The van der Waals surface area contributed by atoms with Crippen LogP contribution in [0.5, 0.6) is 5.75 Å². The first-order valence-corrected chi connectivity index (χ1v) is 10.5. The zero-order valence-corrected chi connectivity index (χ0v) is 17.2. The highest BCUT2D eigenvalue weighted by Crippen LogP contribution is 2.35. The van der Waals surface area contributed by atoms with Crippen molar-refractivity contribution in [3.63, 3.8) is 0 Å². The van der Waals surface area contributed by atoms with Crippen molar-refractivity contribution < 1.29 is 9.29 Å². The van der Waals surface area contributed by atoms with E-state index in [0.717, 1.165) is 34.0 Å². The number of aromatic nitrogens is 3. The summed E-state index contributed by atoms with van der Waals surface area (Å²) in [6.45, 7) is 1.93. The molecule has 4 rings (SSSR count). The van der Waals surface area contributed by atoms with Crippen molar-refractivity contribution in [1.29, 1.82) is 0 Å². The van der Waals surface area contributed by atoms with E-state index in [1.165, 1.54) is 0 Å². The Labute approximate surface area is 171 Å². The fourth-order valence-corrected chi connectivity index (χ4v) is 4.23. The van der Waals surface area contributed by atoms with E-state index in [1.54, 1.807) is 19.4 Å². The Bertz CT molecular complexity index is 1160. The fraction of sp³-hybridized carbons (Fsp3) is 0.143. The Morgan fingerprint density at radius 2 is 1.75 bits per heavy atom. The number of rotatable bonds is 4. The molecule has 1 atom stereocenters. The minimum absolute atomic E-state index is 0.467. The van der Waals surface area contributed by atoms with E-state index in [4.69, 9.17) is 21.3 Å². The Balaban J connectivity index is 1.96. The second-order valence-electron chi connectivity index (χ2n) is 6.38.